The van der Waals surface area contributed by atoms with E-state index < -0.39 is 0 Å². The van der Waals surface area contributed by atoms with Crippen molar-refractivity contribution in [2.75, 3.05) is 57.3 Å². The first-order chi connectivity index (χ1) is 12.7. The first kappa shape index (κ1) is 19.5. The lowest BCUT2D eigenvalue weighted by Crippen LogP contribution is -2.47. The van der Waals surface area contributed by atoms with Crippen LogP contribution in [0.25, 0.3) is 0 Å². The monoisotopic (exact) mass is 359 g/mol. The maximum atomic E-state index is 5.54. The van der Waals surface area contributed by atoms with E-state index in [1.807, 2.05) is 6.92 Å². The molecule has 0 N–H and O–H groups in total. The summed E-state index contributed by atoms with van der Waals surface area (Å²) >= 11 is 0. The highest BCUT2D eigenvalue weighted by Crippen LogP contribution is 2.24. The molecule has 2 heterocycles. The maximum Gasteiger partial charge on any atom is 0.119 e. The molecule has 0 spiro atoms. The summed E-state index contributed by atoms with van der Waals surface area (Å²) in [6.07, 6.45) is 4.17. The van der Waals surface area contributed by atoms with Gasteiger partial charge in [-0.25, -0.2) is 0 Å². The summed E-state index contributed by atoms with van der Waals surface area (Å²) in [6.45, 7) is 15.9. The van der Waals surface area contributed by atoms with Crippen LogP contribution in [0.2, 0.25) is 0 Å². The largest absolute Gasteiger partial charge is 0.494 e. The Hall–Kier alpha value is -1.26. The molecule has 0 radical (unpaired) electrons. The molecule has 0 aliphatic carbocycles. The molecule has 2 fully saturated rings. The zero-order chi connectivity index (χ0) is 18.4. The quantitative estimate of drug-likeness (QED) is 0.738. The standard InChI is InChI=1S/C22H37N3O/c1-4-26-22-7-5-21(6-8-22)25-17-15-23(16-18-25)12-9-20-10-13-24(14-11-20)19(2)3/h5-8,19-20H,4,9-18H2,1-3H3. The molecular weight excluding hydrogens is 322 g/mol. The minimum absolute atomic E-state index is 0.714. The van der Waals surface area contributed by atoms with Crippen molar-refractivity contribution in [3.8, 4) is 5.75 Å². The number of hydrogen-bond donors (Lipinski definition) is 0. The number of piperazine rings is 1. The molecule has 1 aromatic carbocycles. The average molecular weight is 360 g/mol. The van der Waals surface area contributed by atoms with Gasteiger partial charge in [-0.15, -0.1) is 0 Å². The van der Waals surface area contributed by atoms with Crippen molar-refractivity contribution in [3.63, 3.8) is 0 Å². The molecule has 0 aromatic heterocycles. The smallest absolute Gasteiger partial charge is 0.119 e. The summed E-state index contributed by atoms with van der Waals surface area (Å²) in [5.74, 6) is 1.91. The lowest BCUT2D eigenvalue weighted by molar-refractivity contribution is 0.135. The molecule has 2 saturated heterocycles. The Morgan fingerprint density at radius 2 is 1.62 bits per heavy atom. The van der Waals surface area contributed by atoms with E-state index in [1.54, 1.807) is 0 Å². The molecule has 0 atom stereocenters. The molecule has 3 rings (SSSR count). The molecule has 4 nitrogen and oxygen atoms in total. The van der Waals surface area contributed by atoms with Crippen molar-refractivity contribution in [3.05, 3.63) is 24.3 Å². The number of hydrogen-bond acceptors (Lipinski definition) is 4. The third-order valence-electron chi connectivity index (χ3n) is 6.12. The van der Waals surface area contributed by atoms with E-state index in [1.165, 1.54) is 57.7 Å². The van der Waals surface area contributed by atoms with E-state index in [2.05, 4.69) is 52.8 Å². The summed E-state index contributed by atoms with van der Waals surface area (Å²) < 4.78 is 5.54. The number of anilines is 1. The minimum atomic E-state index is 0.714. The van der Waals surface area contributed by atoms with Gasteiger partial charge in [0.2, 0.25) is 0 Å². The topological polar surface area (TPSA) is 19.0 Å². The van der Waals surface area contributed by atoms with E-state index in [-0.39, 0.29) is 0 Å². The molecule has 0 unspecified atom stereocenters. The van der Waals surface area contributed by atoms with Crippen LogP contribution in [0.4, 0.5) is 5.69 Å². The lowest BCUT2D eigenvalue weighted by atomic mass is 9.92. The van der Waals surface area contributed by atoms with Crippen LogP contribution in [0.3, 0.4) is 0 Å². The number of benzene rings is 1. The van der Waals surface area contributed by atoms with Crippen LogP contribution in [-0.4, -0.2) is 68.3 Å². The zero-order valence-corrected chi connectivity index (χ0v) is 17.0. The van der Waals surface area contributed by atoms with Crippen LogP contribution in [-0.2, 0) is 0 Å². The van der Waals surface area contributed by atoms with Crippen LogP contribution < -0.4 is 9.64 Å². The van der Waals surface area contributed by atoms with Crippen molar-refractivity contribution >= 4 is 5.69 Å². The van der Waals surface area contributed by atoms with Crippen molar-refractivity contribution in [2.45, 2.75) is 46.1 Å². The Bertz CT molecular complexity index is 515. The van der Waals surface area contributed by atoms with Crippen molar-refractivity contribution in [2.24, 2.45) is 5.92 Å². The van der Waals surface area contributed by atoms with Crippen LogP contribution in [0.15, 0.2) is 24.3 Å². The number of nitrogens with zero attached hydrogens (tertiary/aromatic N) is 3. The van der Waals surface area contributed by atoms with Gasteiger partial charge in [0.25, 0.3) is 0 Å². The average Bonchev–Trinajstić information content (AvgIpc) is 2.68. The fraction of sp³-hybridized carbons (Fsp3) is 0.727. The molecule has 26 heavy (non-hydrogen) atoms. The van der Waals surface area contributed by atoms with Crippen LogP contribution >= 0.6 is 0 Å². The number of rotatable bonds is 7. The summed E-state index contributed by atoms with van der Waals surface area (Å²) in [5, 5.41) is 0. The van der Waals surface area contributed by atoms with E-state index in [4.69, 9.17) is 4.74 Å². The van der Waals surface area contributed by atoms with Crippen molar-refractivity contribution < 1.29 is 4.74 Å². The van der Waals surface area contributed by atoms with Gasteiger partial charge in [0, 0.05) is 37.9 Å². The number of piperidine rings is 1. The van der Waals surface area contributed by atoms with Gasteiger partial charge < -0.3 is 14.5 Å². The van der Waals surface area contributed by atoms with Crippen LogP contribution in [0.5, 0.6) is 5.75 Å². The summed E-state index contributed by atoms with van der Waals surface area (Å²) in [7, 11) is 0. The molecule has 0 saturated carbocycles. The normalized spacial score (nSPS) is 20.7. The predicted molar refractivity (Wildman–Crippen MR) is 110 cm³/mol. The van der Waals surface area contributed by atoms with E-state index in [0.29, 0.717) is 6.04 Å². The zero-order valence-electron chi connectivity index (χ0n) is 17.0. The molecule has 4 heteroatoms. The van der Waals surface area contributed by atoms with Gasteiger partial charge >= 0.3 is 0 Å². The predicted octanol–water partition coefficient (Wildman–Crippen LogP) is 3.72. The van der Waals surface area contributed by atoms with E-state index in [9.17, 15) is 0 Å². The Morgan fingerprint density at radius 1 is 0.962 bits per heavy atom. The van der Waals surface area contributed by atoms with Gasteiger partial charge in [-0.2, -0.15) is 0 Å². The first-order valence-electron chi connectivity index (χ1n) is 10.6. The molecule has 0 bridgehead atoms. The van der Waals surface area contributed by atoms with Crippen LogP contribution in [0.1, 0.15) is 40.0 Å². The van der Waals surface area contributed by atoms with Gasteiger partial charge in [0.1, 0.15) is 5.75 Å². The second kappa shape index (κ2) is 9.61. The highest BCUT2D eigenvalue weighted by atomic mass is 16.5. The second-order valence-corrected chi connectivity index (χ2v) is 8.12. The maximum absolute atomic E-state index is 5.54. The van der Waals surface area contributed by atoms with Gasteiger partial charge in [0.05, 0.1) is 6.61 Å². The molecule has 2 aliphatic heterocycles. The van der Waals surface area contributed by atoms with Gasteiger partial charge in [-0.05, 0) is 89.9 Å². The fourth-order valence-corrected chi connectivity index (χ4v) is 4.27. The lowest BCUT2D eigenvalue weighted by Gasteiger charge is -2.38. The molecule has 2 aliphatic rings. The third kappa shape index (κ3) is 5.37. The Balaban J connectivity index is 1.36. The van der Waals surface area contributed by atoms with Crippen molar-refractivity contribution in [1.29, 1.82) is 0 Å². The molecule has 0 amide bonds. The third-order valence-corrected chi connectivity index (χ3v) is 6.12. The summed E-state index contributed by atoms with van der Waals surface area (Å²) in [6, 6.07) is 9.29. The van der Waals surface area contributed by atoms with Gasteiger partial charge in [0.15, 0.2) is 0 Å². The highest BCUT2D eigenvalue weighted by molar-refractivity contribution is 5.49. The van der Waals surface area contributed by atoms with Gasteiger partial charge in [-0.3, -0.25) is 4.90 Å². The minimum Gasteiger partial charge on any atom is -0.494 e. The molecule has 146 valence electrons. The first-order valence-corrected chi connectivity index (χ1v) is 10.6. The number of ether oxygens (including phenoxy) is 1. The Labute approximate surface area is 160 Å². The molecular formula is C22H37N3O. The highest BCUT2D eigenvalue weighted by Gasteiger charge is 2.22. The fourth-order valence-electron chi connectivity index (χ4n) is 4.27. The number of likely N-dealkylation sites (tertiary alicyclic amines) is 1. The summed E-state index contributed by atoms with van der Waals surface area (Å²) in [4.78, 5) is 7.80. The van der Waals surface area contributed by atoms with E-state index in [0.717, 1.165) is 31.4 Å². The molecule has 1 aromatic rings. The van der Waals surface area contributed by atoms with Gasteiger partial charge in [-0.1, -0.05) is 0 Å². The van der Waals surface area contributed by atoms with Crippen molar-refractivity contribution in [1.82, 2.24) is 9.80 Å². The van der Waals surface area contributed by atoms with E-state index >= 15 is 0 Å². The summed E-state index contributed by atoms with van der Waals surface area (Å²) in [5.41, 5.74) is 1.33. The van der Waals surface area contributed by atoms with Crippen LogP contribution in [0, 0.1) is 5.92 Å². The SMILES string of the molecule is CCOc1ccc(N2CCN(CCC3CCN(C(C)C)CC3)CC2)cc1. The Kier molecular flexibility index (Phi) is 7.21. The second-order valence-electron chi connectivity index (χ2n) is 8.12. The Morgan fingerprint density at radius 3 is 2.19 bits per heavy atom.